The molecule has 22 heavy (non-hydrogen) atoms. The van der Waals surface area contributed by atoms with Crippen molar-refractivity contribution in [3.05, 3.63) is 29.8 Å². The van der Waals surface area contributed by atoms with Gasteiger partial charge in [-0.15, -0.1) is 12.4 Å². The first-order valence-electron chi connectivity index (χ1n) is 7.05. The van der Waals surface area contributed by atoms with Crippen LogP contribution in [0.1, 0.15) is 30.6 Å². The number of primary amides is 1. The van der Waals surface area contributed by atoms with Gasteiger partial charge in [0, 0.05) is 18.2 Å². The number of carbonyl (C=O) groups is 2. The minimum absolute atomic E-state index is 0. The molecular formula is C15H24ClN3O3. The predicted molar refractivity (Wildman–Crippen MR) is 88.5 cm³/mol. The van der Waals surface area contributed by atoms with Crippen LogP contribution in [0.3, 0.4) is 0 Å². The number of amides is 2. The molecule has 0 saturated carbocycles. The molecule has 4 N–H and O–H groups in total. The van der Waals surface area contributed by atoms with Gasteiger partial charge < -0.3 is 21.1 Å². The highest BCUT2D eigenvalue weighted by atomic mass is 35.5. The lowest BCUT2D eigenvalue weighted by atomic mass is 10.2. The van der Waals surface area contributed by atoms with E-state index in [1.165, 1.54) is 0 Å². The maximum Gasteiger partial charge on any atom is 0.248 e. The van der Waals surface area contributed by atoms with E-state index in [0.717, 1.165) is 6.54 Å². The number of ether oxygens (including phenoxy) is 1. The van der Waals surface area contributed by atoms with Gasteiger partial charge in [-0.05, 0) is 37.7 Å². The van der Waals surface area contributed by atoms with Crippen LogP contribution in [0.4, 0.5) is 0 Å². The number of hydrogen-bond acceptors (Lipinski definition) is 4. The molecule has 0 radical (unpaired) electrons. The highest BCUT2D eigenvalue weighted by molar-refractivity contribution is 5.92. The Morgan fingerprint density at radius 1 is 1.27 bits per heavy atom. The average Bonchev–Trinajstić information content (AvgIpc) is 2.46. The summed E-state index contributed by atoms with van der Waals surface area (Å²) in [6.45, 7) is 5.80. The Kier molecular flexibility index (Phi) is 9.98. The number of benzene rings is 1. The lowest BCUT2D eigenvalue weighted by Crippen LogP contribution is -2.39. The number of carbonyl (C=O) groups excluding carboxylic acids is 2. The highest BCUT2D eigenvalue weighted by Gasteiger charge is 2.05. The zero-order chi connectivity index (χ0) is 15.7. The van der Waals surface area contributed by atoms with Crippen LogP contribution in [0.15, 0.2) is 24.3 Å². The second kappa shape index (κ2) is 10.9. The molecule has 0 spiro atoms. The van der Waals surface area contributed by atoms with Gasteiger partial charge in [-0.2, -0.15) is 0 Å². The number of halogens is 1. The van der Waals surface area contributed by atoms with Gasteiger partial charge in [-0.3, -0.25) is 9.59 Å². The summed E-state index contributed by atoms with van der Waals surface area (Å²) in [5, 5.41) is 6.05. The molecule has 0 fully saturated rings. The summed E-state index contributed by atoms with van der Waals surface area (Å²) in [4.78, 5) is 22.5. The van der Waals surface area contributed by atoms with Crippen LogP contribution in [0.2, 0.25) is 0 Å². The van der Waals surface area contributed by atoms with Gasteiger partial charge in [-0.25, -0.2) is 0 Å². The lowest BCUT2D eigenvalue weighted by Gasteiger charge is -2.13. The molecule has 0 unspecified atom stereocenters. The van der Waals surface area contributed by atoms with Gasteiger partial charge in [0.2, 0.25) is 11.8 Å². The Labute approximate surface area is 137 Å². The summed E-state index contributed by atoms with van der Waals surface area (Å²) in [5.74, 6) is 0.0815. The lowest BCUT2D eigenvalue weighted by molar-refractivity contribution is -0.121. The molecule has 1 atom stereocenters. The third-order valence-corrected chi connectivity index (χ3v) is 2.89. The molecule has 1 aromatic rings. The Bertz CT molecular complexity index is 466. The molecule has 0 aliphatic rings. The van der Waals surface area contributed by atoms with Crippen molar-refractivity contribution in [3.63, 3.8) is 0 Å². The summed E-state index contributed by atoms with van der Waals surface area (Å²) in [7, 11) is 0. The predicted octanol–water partition coefficient (Wildman–Crippen LogP) is 1.09. The van der Waals surface area contributed by atoms with E-state index >= 15 is 0 Å². The molecule has 0 aromatic heterocycles. The first-order valence-corrected chi connectivity index (χ1v) is 7.05. The fraction of sp³-hybridized carbons (Fsp3) is 0.467. The molecule has 1 aromatic carbocycles. The van der Waals surface area contributed by atoms with E-state index in [0.29, 0.717) is 17.9 Å². The monoisotopic (exact) mass is 329 g/mol. The quantitative estimate of drug-likeness (QED) is 0.632. The van der Waals surface area contributed by atoms with Crippen molar-refractivity contribution in [2.75, 3.05) is 19.7 Å². The third-order valence-electron chi connectivity index (χ3n) is 2.89. The van der Waals surface area contributed by atoms with Crippen molar-refractivity contribution in [1.29, 1.82) is 0 Å². The maximum absolute atomic E-state index is 11.6. The Morgan fingerprint density at radius 2 is 1.91 bits per heavy atom. The van der Waals surface area contributed by atoms with Crippen molar-refractivity contribution in [2.45, 2.75) is 26.3 Å². The van der Waals surface area contributed by atoms with Gasteiger partial charge in [-0.1, -0.05) is 6.92 Å². The minimum Gasteiger partial charge on any atom is -0.493 e. The van der Waals surface area contributed by atoms with Crippen LogP contribution in [0, 0.1) is 0 Å². The third kappa shape index (κ3) is 7.85. The number of likely N-dealkylation sites (N-methyl/N-ethyl adjacent to an activating group) is 1. The normalized spacial score (nSPS) is 11.2. The van der Waals surface area contributed by atoms with E-state index in [1.54, 1.807) is 24.3 Å². The molecular weight excluding hydrogens is 306 g/mol. The fourth-order valence-electron chi connectivity index (χ4n) is 1.75. The minimum atomic E-state index is -0.476. The molecule has 7 heteroatoms. The van der Waals surface area contributed by atoms with E-state index in [9.17, 15) is 9.59 Å². The van der Waals surface area contributed by atoms with Crippen LogP contribution in [0.5, 0.6) is 5.75 Å². The average molecular weight is 330 g/mol. The first kappa shape index (κ1) is 20.2. The van der Waals surface area contributed by atoms with Crippen LogP contribution in [-0.4, -0.2) is 37.6 Å². The summed E-state index contributed by atoms with van der Waals surface area (Å²) in [5.41, 5.74) is 5.57. The Balaban J connectivity index is 0.00000441. The molecule has 2 amide bonds. The van der Waals surface area contributed by atoms with E-state index in [2.05, 4.69) is 10.6 Å². The van der Waals surface area contributed by atoms with Gasteiger partial charge in [0.05, 0.1) is 13.0 Å². The molecule has 1 rings (SSSR count). The standard InChI is InChI=1S/C15H23N3O3.ClH/c1-3-17-11(2)10-18-14(19)8-9-21-13-6-4-12(5-7-13)15(16)20;/h4-7,11,17H,3,8-10H2,1-2H3,(H2,16,20)(H,18,19);1H/t11-;/m1./s1. The van der Waals surface area contributed by atoms with E-state index < -0.39 is 5.91 Å². The zero-order valence-electron chi connectivity index (χ0n) is 12.9. The zero-order valence-corrected chi connectivity index (χ0v) is 13.7. The first-order chi connectivity index (χ1) is 10.0. The van der Waals surface area contributed by atoms with Crippen molar-refractivity contribution < 1.29 is 14.3 Å². The van der Waals surface area contributed by atoms with E-state index in [4.69, 9.17) is 10.5 Å². The van der Waals surface area contributed by atoms with Crippen LogP contribution in [0.25, 0.3) is 0 Å². The van der Waals surface area contributed by atoms with Crippen molar-refractivity contribution in [3.8, 4) is 5.75 Å². The van der Waals surface area contributed by atoms with Crippen molar-refractivity contribution in [2.24, 2.45) is 5.73 Å². The van der Waals surface area contributed by atoms with E-state index in [1.807, 2.05) is 13.8 Å². The molecule has 0 bridgehead atoms. The van der Waals surface area contributed by atoms with Gasteiger partial charge in [0.15, 0.2) is 0 Å². The Morgan fingerprint density at radius 3 is 2.45 bits per heavy atom. The van der Waals surface area contributed by atoms with Crippen LogP contribution >= 0.6 is 12.4 Å². The second-order valence-corrected chi connectivity index (χ2v) is 4.75. The molecule has 0 saturated heterocycles. The van der Waals surface area contributed by atoms with Crippen LogP contribution in [-0.2, 0) is 4.79 Å². The fourth-order valence-corrected chi connectivity index (χ4v) is 1.75. The molecule has 124 valence electrons. The van der Waals surface area contributed by atoms with Gasteiger partial charge in [0.25, 0.3) is 0 Å². The largest absolute Gasteiger partial charge is 0.493 e. The summed E-state index contributed by atoms with van der Waals surface area (Å²) < 4.78 is 5.44. The number of nitrogens with one attached hydrogen (secondary N) is 2. The second-order valence-electron chi connectivity index (χ2n) is 4.75. The van der Waals surface area contributed by atoms with Gasteiger partial charge >= 0.3 is 0 Å². The Hall–Kier alpha value is -1.79. The number of nitrogens with two attached hydrogens (primary N) is 1. The number of rotatable bonds is 9. The van der Waals surface area contributed by atoms with Crippen LogP contribution < -0.4 is 21.1 Å². The molecule has 0 aliphatic heterocycles. The van der Waals surface area contributed by atoms with Crippen molar-refractivity contribution >= 4 is 24.2 Å². The molecule has 0 heterocycles. The molecule has 6 nitrogen and oxygen atoms in total. The summed E-state index contributed by atoms with van der Waals surface area (Å²) in [6, 6.07) is 6.75. The SMILES string of the molecule is CCN[C@H](C)CNC(=O)CCOc1ccc(C(N)=O)cc1.Cl. The molecule has 0 aliphatic carbocycles. The number of hydrogen-bond donors (Lipinski definition) is 3. The highest BCUT2D eigenvalue weighted by Crippen LogP contribution is 2.11. The van der Waals surface area contributed by atoms with Crippen molar-refractivity contribution in [1.82, 2.24) is 10.6 Å². The summed E-state index contributed by atoms with van der Waals surface area (Å²) >= 11 is 0. The topological polar surface area (TPSA) is 93.4 Å². The summed E-state index contributed by atoms with van der Waals surface area (Å²) in [6.07, 6.45) is 0.288. The van der Waals surface area contributed by atoms with Gasteiger partial charge in [0.1, 0.15) is 5.75 Å². The van der Waals surface area contributed by atoms with E-state index in [-0.39, 0.29) is 37.4 Å². The smallest absolute Gasteiger partial charge is 0.248 e. The maximum atomic E-state index is 11.6.